The van der Waals surface area contributed by atoms with Gasteiger partial charge < -0.3 is 10.2 Å². The molecule has 0 unspecified atom stereocenters. The monoisotopic (exact) mass is 254 g/mol. The molecule has 5 heteroatoms. The van der Waals surface area contributed by atoms with Crippen LogP contribution in [0.3, 0.4) is 0 Å². The fourth-order valence-corrected chi connectivity index (χ4v) is 2.77. The van der Waals surface area contributed by atoms with Crippen LogP contribution in [-0.2, 0) is 0 Å². The van der Waals surface area contributed by atoms with Gasteiger partial charge in [-0.1, -0.05) is 6.92 Å². The number of thiazole rings is 1. The molecule has 0 spiro atoms. The molecule has 2 rings (SSSR count). The van der Waals surface area contributed by atoms with Crippen LogP contribution in [0.25, 0.3) is 0 Å². The summed E-state index contributed by atoms with van der Waals surface area (Å²) >= 11 is 1.74. The molecule has 17 heavy (non-hydrogen) atoms. The Morgan fingerprint density at radius 2 is 2.12 bits per heavy atom. The van der Waals surface area contributed by atoms with Crippen molar-refractivity contribution in [3.05, 3.63) is 11.6 Å². The third kappa shape index (κ3) is 3.94. The van der Waals surface area contributed by atoms with Gasteiger partial charge in [-0.2, -0.15) is 0 Å². The Morgan fingerprint density at radius 3 is 2.76 bits per heavy atom. The quantitative estimate of drug-likeness (QED) is 0.775. The first-order chi connectivity index (χ1) is 8.40. The Labute approximate surface area is 108 Å². The molecule has 0 radical (unpaired) electrons. The predicted molar refractivity (Wildman–Crippen MR) is 73.9 cm³/mol. The minimum absolute atomic E-state index is 1.11. The van der Waals surface area contributed by atoms with Crippen LogP contribution < -0.4 is 10.2 Å². The summed E-state index contributed by atoms with van der Waals surface area (Å²) in [6.45, 7) is 10.2. The van der Waals surface area contributed by atoms with Gasteiger partial charge >= 0.3 is 0 Å². The van der Waals surface area contributed by atoms with E-state index in [0.29, 0.717) is 0 Å². The predicted octanol–water partition coefficient (Wildman–Crippen LogP) is 1.26. The lowest BCUT2D eigenvalue weighted by molar-refractivity contribution is 0.258. The third-order valence-electron chi connectivity index (χ3n) is 3.09. The zero-order valence-corrected chi connectivity index (χ0v) is 11.4. The van der Waals surface area contributed by atoms with E-state index in [2.05, 4.69) is 32.4 Å². The lowest BCUT2D eigenvalue weighted by atomic mass is 10.3. The molecule has 1 saturated heterocycles. The highest BCUT2D eigenvalue weighted by molar-refractivity contribution is 7.13. The highest BCUT2D eigenvalue weighted by atomic mass is 32.1. The molecule has 0 aliphatic carbocycles. The summed E-state index contributed by atoms with van der Waals surface area (Å²) in [5.74, 6) is 0. The molecular formula is C12H22N4S. The number of rotatable bonds is 6. The summed E-state index contributed by atoms with van der Waals surface area (Å²) in [4.78, 5) is 9.29. The van der Waals surface area contributed by atoms with Gasteiger partial charge in [0.05, 0.1) is 0 Å². The fourth-order valence-electron chi connectivity index (χ4n) is 2.07. The average molecular weight is 254 g/mol. The van der Waals surface area contributed by atoms with Gasteiger partial charge in [-0.25, -0.2) is 4.98 Å². The van der Waals surface area contributed by atoms with E-state index in [1.165, 1.54) is 18.1 Å². The van der Waals surface area contributed by atoms with Gasteiger partial charge in [0.2, 0.25) is 0 Å². The van der Waals surface area contributed by atoms with Crippen molar-refractivity contribution < 1.29 is 0 Å². The summed E-state index contributed by atoms with van der Waals surface area (Å²) in [5.41, 5.74) is 0. The van der Waals surface area contributed by atoms with E-state index in [-0.39, 0.29) is 0 Å². The van der Waals surface area contributed by atoms with E-state index in [1.807, 2.05) is 6.20 Å². The minimum Gasteiger partial charge on any atom is -0.346 e. The smallest absolute Gasteiger partial charge is 0.185 e. The third-order valence-corrected chi connectivity index (χ3v) is 3.93. The zero-order chi connectivity index (χ0) is 11.9. The molecule has 0 aromatic carbocycles. The molecular weight excluding hydrogens is 232 g/mol. The first-order valence-corrected chi connectivity index (χ1v) is 7.35. The molecule has 1 aliphatic heterocycles. The second-order valence-electron chi connectivity index (χ2n) is 4.39. The molecule has 96 valence electrons. The van der Waals surface area contributed by atoms with Gasteiger partial charge in [-0.05, 0) is 13.0 Å². The van der Waals surface area contributed by atoms with Gasteiger partial charge in [0, 0.05) is 50.8 Å². The number of hydrogen-bond acceptors (Lipinski definition) is 5. The number of piperazine rings is 1. The number of nitrogens with zero attached hydrogens (tertiary/aromatic N) is 3. The minimum atomic E-state index is 1.11. The Hall–Kier alpha value is -0.650. The number of hydrogen-bond donors (Lipinski definition) is 1. The standard InChI is InChI=1S/C12H22N4S/c1-2-3-13-4-6-15-7-9-16(10-8-15)12-14-5-11-17-12/h5,11,13H,2-4,6-10H2,1H3. The first kappa shape index (κ1) is 12.8. The summed E-state index contributed by atoms with van der Waals surface area (Å²) in [6.07, 6.45) is 3.11. The molecule has 1 aromatic heterocycles. The molecule has 0 saturated carbocycles. The van der Waals surface area contributed by atoms with Crippen LogP contribution in [0.15, 0.2) is 11.6 Å². The summed E-state index contributed by atoms with van der Waals surface area (Å²) in [5, 5.41) is 6.68. The highest BCUT2D eigenvalue weighted by Gasteiger charge is 2.17. The van der Waals surface area contributed by atoms with Crippen LogP contribution in [-0.4, -0.2) is 55.7 Å². The summed E-state index contributed by atoms with van der Waals surface area (Å²) in [6, 6.07) is 0. The van der Waals surface area contributed by atoms with Crippen LogP contribution in [0.5, 0.6) is 0 Å². The van der Waals surface area contributed by atoms with Gasteiger partial charge in [-0.3, -0.25) is 4.90 Å². The van der Waals surface area contributed by atoms with Gasteiger partial charge in [0.15, 0.2) is 5.13 Å². The molecule has 0 amide bonds. The van der Waals surface area contributed by atoms with Crippen molar-refractivity contribution in [2.45, 2.75) is 13.3 Å². The van der Waals surface area contributed by atoms with Crippen molar-refractivity contribution >= 4 is 16.5 Å². The van der Waals surface area contributed by atoms with Crippen molar-refractivity contribution in [3.8, 4) is 0 Å². The Kier molecular flexibility index (Phi) is 5.22. The van der Waals surface area contributed by atoms with Gasteiger partial charge in [0.25, 0.3) is 0 Å². The average Bonchev–Trinajstić information content (AvgIpc) is 2.89. The molecule has 0 bridgehead atoms. The maximum absolute atomic E-state index is 4.37. The maximum Gasteiger partial charge on any atom is 0.185 e. The summed E-state index contributed by atoms with van der Waals surface area (Å²) in [7, 11) is 0. The maximum atomic E-state index is 4.37. The van der Waals surface area contributed by atoms with Crippen molar-refractivity contribution in [1.29, 1.82) is 0 Å². The van der Waals surface area contributed by atoms with E-state index >= 15 is 0 Å². The zero-order valence-electron chi connectivity index (χ0n) is 10.6. The largest absolute Gasteiger partial charge is 0.346 e. The van der Waals surface area contributed by atoms with Crippen molar-refractivity contribution in [3.63, 3.8) is 0 Å². The normalized spacial score (nSPS) is 17.6. The molecule has 1 aromatic rings. The Morgan fingerprint density at radius 1 is 1.29 bits per heavy atom. The molecule has 0 atom stereocenters. The van der Waals surface area contributed by atoms with Crippen molar-refractivity contribution in [1.82, 2.24) is 15.2 Å². The second-order valence-corrected chi connectivity index (χ2v) is 5.27. The molecule has 4 nitrogen and oxygen atoms in total. The number of anilines is 1. The van der Waals surface area contributed by atoms with E-state index in [4.69, 9.17) is 0 Å². The Bertz CT molecular complexity index is 293. The lowest BCUT2D eigenvalue weighted by Crippen LogP contribution is -2.48. The summed E-state index contributed by atoms with van der Waals surface area (Å²) < 4.78 is 0. The van der Waals surface area contributed by atoms with Crippen LogP contribution in [0.2, 0.25) is 0 Å². The van der Waals surface area contributed by atoms with Crippen LogP contribution in [0.1, 0.15) is 13.3 Å². The topological polar surface area (TPSA) is 31.4 Å². The second kappa shape index (κ2) is 6.93. The lowest BCUT2D eigenvalue weighted by Gasteiger charge is -2.34. The van der Waals surface area contributed by atoms with E-state index in [9.17, 15) is 0 Å². The highest BCUT2D eigenvalue weighted by Crippen LogP contribution is 2.18. The molecule has 1 N–H and O–H groups in total. The molecule has 1 fully saturated rings. The van der Waals surface area contributed by atoms with E-state index in [0.717, 1.165) is 39.3 Å². The SMILES string of the molecule is CCCNCCN1CCN(c2nccs2)CC1. The Balaban J connectivity index is 1.64. The van der Waals surface area contributed by atoms with Crippen molar-refractivity contribution in [2.75, 3.05) is 50.7 Å². The van der Waals surface area contributed by atoms with E-state index < -0.39 is 0 Å². The molecule has 1 aliphatic rings. The number of aromatic nitrogens is 1. The fraction of sp³-hybridized carbons (Fsp3) is 0.750. The van der Waals surface area contributed by atoms with Gasteiger partial charge in [0.1, 0.15) is 0 Å². The van der Waals surface area contributed by atoms with E-state index in [1.54, 1.807) is 11.3 Å². The van der Waals surface area contributed by atoms with Crippen LogP contribution in [0, 0.1) is 0 Å². The van der Waals surface area contributed by atoms with Gasteiger partial charge in [-0.15, -0.1) is 11.3 Å². The number of nitrogens with one attached hydrogen (secondary N) is 1. The first-order valence-electron chi connectivity index (χ1n) is 6.47. The van der Waals surface area contributed by atoms with Crippen molar-refractivity contribution in [2.24, 2.45) is 0 Å². The van der Waals surface area contributed by atoms with Crippen LogP contribution in [0.4, 0.5) is 5.13 Å². The molecule has 2 heterocycles. The van der Waals surface area contributed by atoms with Crippen LogP contribution >= 0.6 is 11.3 Å².